The fourth-order valence-electron chi connectivity index (χ4n) is 2.29. The second-order valence-corrected chi connectivity index (χ2v) is 5.64. The zero-order chi connectivity index (χ0) is 16.2. The Morgan fingerprint density at radius 1 is 1.09 bits per heavy atom. The largest absolute Gasteiger partial charge is 0.506 e. The highest BCUT2D eigenvalue weighted by atomic mass is 35.5. The fraction of sp³-hybridized carbons (Fsp3) is 0.111. The molecule has 5 heteroatoms. The van der Waals surface area contributed by atoms with Gasteiger partial charge in [0.2, 0.25) is 0 Å². The molecule has 0 fully saturated rings. The maximum absolute atomic E-state index is 9.51. The van der Waals surface area contributed by atoms with E-state index in [0.29, 0.717) is 16.5 Å². The third kappa shape index (κ3) is 3.60. The number of hydrogen-bond donors (Lipinski definition) is 2. The molecule has 2 aromatic carbocycles. The second-order valence-electron chi connectivity index (χ2n) is 5.23. The summed E-state index contributed by atoms with van der Waals surface area (Å²) >= 11 is 5.95. The molecule has 3 aromatic rings. The summed E-state index contributed by atoms with van der Waals surface area (Å²) in [5.74, 6) is 0.735. The summed E-state index contributed by atoms with van der Waals surface area (Å²) in [6, 6.07) is 15.2. The van der Waals surface area contributed by atoms with Gasteiger partial charge < -0.3 is 10.4 Å². The molecule has 2 N–H and O–H groups in total. The number of benzene rings is 2. The molecule has 3 rings (SSSR count). The SMILES string of the molecule is C[C@H](Nc1cncc(-c2ccc(O)c(Cl)c2)n1)c1ccccc1. The van der Waals surface area contributed by atoms with Crippen LogP contribution in [0, 0.1) is 0 Å². The minimum Gasteiger partial charge on any atom is -0.506 e. The highest BCUT2D eigenvalue weighted by Crippen LogP contribution is 2.29. The van der Waals surface area contributed by atoms with E-state index in [1.807, 2.05) is 18.2 Å². The first kappa shape index (κ1) is 15.3. The lowest BCUT2D eigenvalue weighted by atomic mass is 10.1. The number of rotatable bonds is 4. The summed E-state index contributed by atoms with van der Waals surface area (Å²) in [5, 5.41) is 13.1. The monoisotopic (exact) mass is 325 g/mol. The summed E-state index contributed by atoms with van der Waals surface area (Å²) in [7, 11) is 0. The highest BCUT2D eigenvalue weighted by Gasteiger charge is 2.08. The van der Waals surface area contributed by atoms with Crippen molar-refractivity contribution >= 4 is 17.4 Å². The summed E-state index contributed by atoms with van der Waals surface area (Å²) in [6.07, 6.45) is 3.35. The molecule has 1 atom stereocenters. The standard InChI is InChI=1S/C18H16ClN3O/c1-12(13-5-3-2-4-6-13)21-18-11-20-10-16(22-18)14-7-8-17(23)15(19)9-14/h2-12,23H,1H3,(H,21,22)/t12-/m0/s1. The van der Waals surface area contributed by atoms with Crippen molar-refractivity contribution in [1.82, 2.24) is 9.97 Å². The van der Waals surface area contributed by atoms with Gasteiger partial charge in [-0.15, -0.1) is 0 Å². The topological polar surface area (TPSA) is 58.0 Å². The van der Waals surface area contributed by atoms with Gasteiger partial charge in [-0.05, 0) is 30.7 Å². The molecular weight excluding hydrogens is 310 g/mol. The van der Waals surface area contributed by atoms with Crippen LogP contribution in [0.2, 0.25) is 5.02 Å². The van der Waals surface area contributed by atoms with E-state index in [1.54, 1.807) is 30.6 Å². The van der Waals surface area contributed by atoms with Crippen LogP contribution in [-0.2, 0) is 0 Å². The van der Waals surface area contributed by atoms with Crippen molar-refractivity contribution in [3.8, 4) is 17.0 Å². The number of phenolic OH excluding ortho intramolecular Hbond substituents is 1. The Balaban J connectivity index is 1.84. The van der Waals surface area contributed by atoms with Crippen molar-refractivity contribution in [2.75, 3.05) is 5.32 Å². The van der Waals surface area contributed by atoms with Gasteiger partial charge in [-0.2, -0.15) is 0 Å². The Labute approximate surface area is 139 Å². The molecule has 1 aromatic heterocycles. The first-order valence-electron chi connectivity index (χ1n) is 7.26. The Bertz CT molecular complexity index is 808. The van der Waals surface area contributed by atoms with Crippen molar-refractivity contribution in [1.29, 1.82) is 0 Å². The Kier molecular flexibility index (Phi) is 4.44. The van der Waals surface area contributed by atoms with E-state index in [-0.39, 0.29) is 11.8 Å². The molecule has 0 saturated heterocycles. The van der Waals surface area contributed by atoms with Gasteiger partial charge in [0.05, 0.1) is 23.1 Å². The zero-order valence-electron chi connectivity index (χ0n) is 12.6. The van der Waals surface area contributed by atoms with Crippen LogP contribution in [0.5, 0.6) is 5.75 Å². The Morgan fingerprint density at radius 3 is 2.61 bits per heavy atom. The number of aromatic nitrogens is 2. The van der Waals surface area contributed by atoms with E-state index in [2.05, 4.69) is 34.3 Å². The summed E-state index contributed by atoms with van der Waals surface area (Å²) in [6.45, 7) is 2.07. The van der Waals surface area contributed by atoms with Gasteiger partial charge in [0.15, 0.2) is 0 Å². The minimum absolute atomic E-state index is 0.0513. The van der Waals surface area contributed by atoms with Crippen LogP contribution in [-0.4, -0.2) is 15.1 Å². The Morgan fingerprint density at radius 2 is 1.87 bits per heavy atom. The van der Waals surface area contributed by atoms with Crippen LogP contribution in [0.15, 0.2) is 60.9 Å². The molecule has 116 valence electrons. The molecule has 0 unspecified atom stereocenters. The van der Waals surface area contributed by atoms with Crippen LogP contribution in [0.4, 0.5) is 5.82 Å². The average Bonchev–Trinajstić information content (AvgIpc) is 2.58. The molecule has 0 aliphatic heterocycles. The molecule has 0 saturated carbocycles. The maximum atomic E-state index is 9.51. The predicted molar refractivity (Wildman–Crippen MR) is 92.6 cm³/mol. The fourth-order valence-corrected chi connectivity index (χ4v) is 2.47. The molecule has 0 aliphatic rings. The first-order chi connectivity index (χ1) is 11.1. The highest BCUT2D eigenvalue weighted by molar-refractivity contribution is 6.32. The molecule has 0 bridgehead atoms. The summed E-state index contributed by atoms with van der Waals surface area (Å²) < 4.78 is 0. The Hall–Kier alpha value is -2.59. The van der Waals surface area contributed by atoms with Crippen LogP contribution in [0.1, 0.15) is 18.5 Å². The third-order valence-electron chi connectivity index (χ3n) is 3.54. The van der Waals surface area contributed by atoms with E-state index in [1.165, 1.54) is 5.56 Å². The van der Waals surface area contributed by atoms with Crippen LogP contribution in [0.3, 0.4) is 0 Å². The summed E-state index contributed by atoms with van der Waals surface area (Å²) in [5.41, 5.74) is 2.67. The lowest BCUT2D eigenvalue weighted by Gasteiger charge is -2.15. The molecule has 4 nitrogen and oxygen atoms in total. The number of phenols is 1. The number of anilines is 1. The second kappa shape index (κ2) is 6.67. The van der Waals surface area contributed by atoms with Crippen LogP contribution < -0.4 is 5.32 Å². The average molecular weight is 326 g/mol. The van der Waals surface area contributed by atoms with E-state index in [0.717, 1.165) is 5.56 Å². The van der Waals surface area contributed by atoms with Gasteiger partial charge in [-0.25, -0.2) is 4.98 Å². The summed E-state index contributed by atoms with van der Waals surface area (Å²) in [4.78, 5) is 8.79. The van der Waals surface area contributed by atoms with Crippen molar-refractivity contribution in [2.24, 2.45) is 0 Å². The molecule has 0 radical (unpaired) electrons. The van der Waals surface area contributed by atoms with Crippen molar-refractivity contribution in [3.05, 3.63) is 71.5 Å². The van der Waals surface area contributed by atoms with Gasteiger partial charge >= 0.3 is 0 Å². The number of hydrogen-bond acceptors (Lipinski definition) is 4. The first-order valence-corrected chi connectivity index (χ1v) is 7.63. The van der Waals surface area contributed by atoms with Crippen molar-refractivity contribution < 1.29 is 5.11 Å². The van der Waals surface area contributed by atoms with Gasteiger partial charge in [0.25, 0.3) is 0 Å². The van der Waals surface area contributed by atoms with E-state index >= 15 is 0 Å². The number of aromatic hydroxyl groups is 1. The zero-order valence-corrected chi connectivity index (χ0v) is 13.3. The molecule has 23 heavy (non-hydrogen) atoms. The lowest BCUT2D eigenvalue weighted by molar-refractivity contribution is 0.475. The number of nitrogens with one attached hydrogen (secondary N) is 1. The smallest absolute Gasteiger partial charge is 0.145 e. The van der Waals surface area contributed by atoms with Crippen LogP contribution in [0.25, 0.3) is 11.3 Å². The number of nitrogens with zero attached hydrogens (tertiary/aromatic N) is 2. The molecule has 0 aliphatic carbocycles. The number of halogens is 1. The lowest BCUT2D eigenvalue weighted by Crippen LogP contribution is -2.08. The van der Waals surface area contributed by atoms with E-state index < -0.39 is 0 Å². The van der Waals surface area contributed by atoms with E-state index in [4.69, 9.17) is 11.6 Å². The third-order valence-corrected chi connectivity index (χ3v) is 3.84. The molecule has 1 heterocycles. The van der Waals surface area contributed by atoms with E-state index in [9.17, 15) is 5.11 Å². The van der Waals surface area contributed by atoms with Crippen molar-refractivity contribution in [3.63, 3.8) is 0 Å². The quantitative estimate of drug-likeness (QED) is 0.731. The van der Waals surface area contributed by atoms with Gasteiger partial charge in [0, 0.05) is 11.6 Å². The van der Waals surface area contributed by atoms with Gasteiger partial charge in [-0.3, -0.25) is 4.98 Å². The van der Waals surface area contributed by atoms with Gasteiger partial charge in [0.1, 0.15) is 11.6 Å². The van der Waals surface area contributed by atoms with Crippen LogP contribution >= 0.6 is 11.6 Å². The predicted octanol–water partition coefficient (Wildman–Crippen LogP) is 4.68. The molecule has 0 spiro atoms. The molecule has 0 amide bonds. The molecular formula is C18H16ClN3O. The van der Waals surface area contributed by atoms with Gasteiger partial charge in [-0.1, -0.05) is 41.9 Å². The van der Waals surface area contributed by atoms with Crippen molar-refractivity contribution in [2.45, 2.75) is 13.0 Å². The maximum Gasteiger partial charge on any atom is 0.145 e. The minimum atomic E-state index is 0.0513. The normalized spacial score (nSPS) is 11.9.